The van der Waals surface area contributed by atoms with Gasteiger partial charge in [-0.15, -0.1) is 0 Å². The van der Waals surface area contributed by atoms with E-state index in [0.29, 0.717) is 11.8 Å². The highest BCUT2D eigenvalue weighted by Gasteiger charge is 2.44. The summed E-state index contributed by atoms with van der Waals surface area (Å²) in [6, 6.07) is 1.44. The largest absolute Gasteiger partial charge is 0.399 e. The van der Waals surface area contributed by atoms with E-state index in [2.05, 4.69) is 4.72 Å². The molecule has 0 spiro atoms. The molecule has 0 bridgehead atoms. The van der Waals surface area contributed by atoms with Crippen LogP contribution in [0.4, 0.5) is 14.5 Å². The van der Waals surface area contributed by atoms with Gasteiger partial charge in [0.1, 0.15) is 11.6 Å². The van der Waals surface area contributed by atoms with Crippen LogP contribution in [0.15, 0.2) is 17.0 Å². The molecule has 7 heteroatoms. The second-order valence-electron chi connectivity index (χ2n) is 5.64. The van der Waals surface area contributed by atoms with Crippen LogP contribution < -0.4 is 10.5 Å². The molecule has 2 aliphatic carbocycles. The van der Waals surface area contributed by atoms with Gasteiger partial charge in [-0.1, -0.05) is 0 Å². The fourth-order valence-corrected chi connectivity index (χ4v) is 4.05. The molecule has 2 aliphatic rings. The van der Waals surface area contributed by atoms with Crippen molar-refractivity contribution in [1.82, 2.24) is 4.72 Å². The van der Waals surface area contributed by atoms with Crippen molar-refractivity contribution >= 4 is 15.7 Å². The quantitative estimate of drug-likeness (QED) is 0.817. The summed E-state index contributed by atoms with van der Waals surface area (Å²) in [4.78, 5) is -0.932. The van der Waals surface area contributed by atoms with Crippen molar-refractivity contribution < 1.29 is 17.2 Å². The van der Waals surface area contributed by atoms with Gasteiger partial charge in [0, 0.05) is 11.7 Å². The molecule has 0 aliphatic heterocycles. The van der Waals surface area contributed by atoms with Crippen molar-refractivity contribution in [1.29, 1.82) is 0 Å². The Kier molecular flexibility index (Phi) is 3.21. The lowest BCUT2D eigenvalue weighted by Crippen LogP contribution is -2.38. The monoisotopic (exact) mass is 302 g/mol. The number of nitrogens with one attached hydrogen (secondary N) is 1. The standard InChI is InChI=1S/C13H16F2N2O2S/c14-10-5-9(16)6-11(15)13(10)20(18,19)17-12(7-1-2-7)8-3-4-8/h5-8,12,17H,1-4,16H2. The number of nitrogens with two attached hydrogens (primary N) is 1. The fraction of sp³-hybridized carbons (Fsp3) is 0.538. The smallest absolute Gasteiger partial charge is 0.246 e. The Labute approximate surface area is 116 Å². The van der Waals surface area contributed by atoms with Crippen LogP contribution in [0.25, 0.3) is 0 Å². The van der Waals surface area contributed by atoms with Gasteiger partial charge in [0.05, 0.1) is 0 Å². The number of halogens is 2. The first kappa shape index (κ1) is 13.8. The van der Waals surface area contributed by atoms with E-state index < -0.39 is 26.6 Å². The topological polar surface area (TPSA) is 72.2 Å². The van der Waals surface area contributed by atoms with E-state index in [1.165, 1.54) is 0 Å². The lowest BCUT2D eigenvalue weighted by atomic mass is 10.1. The van der Waals surface area contributed by atoms with Crippen LogP contribution in [0.1, 0.15) is 25.7 Å². The van der Waals surface area contributed by atoms with Gasteiger partial charge in [-0.2, -0.15) is 0 Å². The number of hydrogen-bond donors (Lipinski definition) is 2. The Bertz CT molecular complexity index is 605. The highest BCUT2D eigenvalue weighted by Crippen LogP contribution is 2.45. The van der Waals surface area contributed by atoms with E-state index in [1.54, 1.807) is 0 Å². The molecule has 1 aromatic carbocycles. The molecule has 3 N–H and O–H groups in total. The molecule has 3 rings (SSSR count). The maximum Gasteiger partial charge on any atom is 0.246 e. The van der Waals surface area contributed by atoms with Crippen LogP contribution in [0.5, 0.6) is 0 Å². The number of anilines is 1. The van der Waals surface area contributed by atoms with Crippen molar-refractivity contribution in [3.8, 4) is 0 Å². The SMILES string of the molecule is Nc1cc(F)c(S(=O)(=O)NC(C2CC2)C2CC2)c(F)c1. The summed E-state index contributed by atoms with van der Waals surface area (Å²) >= 11 is 0. The average Bonchev–Trinajstić information content (AvgIpc) is 3.18. The fourth-order valence-electron chi connectivity index (χ4n) is 2.56. The molecule has 1 aromatic rings. The number of sulfonamides is 1. The molecule has 0 radical (unpaired) electrons. The third kappa shape index (κ3) is 2.64. The van der Waals surface area contributed by atoms with Crippen molar-refractivity contribution in [2.45, 2.75) is 36.6 Å². The molecule has 2 saturated carbocycles. The average molecular weight is 302 g/mol. The van der Waals surface area contributed by atoms with E-state index in [9.17, 15) is 17.2 Å². The molecule has 0 amide bonds. The predicted molar refractivity (Wildman–Crippen MR) is 70.3 cm³/mol. The van der Waals surface area contributed by atoms with Crippen LogP contribution in [-0.2, 0) is 10.0 Å². The Morgan fingerprint density at radius 3 is 1.95 bits per heavy atom. The van der Waals surface area contributed by atoms with Gasteiger partial charge in [0.2, 0.25) is 10.0 Å². The molecule has 2 fully saturated rings. The summed E-state index contributed by atoms with van der Waals surface area (Å²) in [7, 11) is -4.20. The number of rotatable bonds is 5. The first-order valence-electron chi connectivity index (χ1n) is 6.65. The Hall–Kier alpha value is -1.21. The molecule has 0 unspecified atom stereocenters. The van der Waals surface area contributed by atoms with Gasteiger partial charge in [-0.25, -0.2) is 21.9 Å². The number of nitrogen functional groups attached to an aromatic ring is 1. The third-order valence-electron chi connectivity index (χ3n) is 3.84. The molecule has 0 saturated heterocycles. The lowest BCUT2D eigenvalue weighted by molar-refractivity contribution is 0.461. The highest BCUT2D eigenvalue weighted by atomic mass is 32.2. The molecule has 110 valence electrons. The normalized spacial score (nSPS) is 19.6. The summed E-state index contributed by atoms with van der Waals surface area (Å²) in [6.45, 7) is 0. The maximum atomic E-state index is 13.8. The van der Waals surface area contributed by atoms with Crippen molar-refractivity contribution in [3.63, 3.8) is 0 Å². The second-order valence-corrected chi connectivity index (χ2v) is 7.29. The third-order valence-corrected chi connectivity index (χ3v) is 5.35. The van der Waals surface area contributed by atoms with Crippen LogP contribution in [-0.4, -0.2) is 14.5 Å². The van der Waals surface area contributed by atoms with Gasteiger partial charge in [0.25, 0.3) is 0 Å². The minimum atomic E-state index is -4.20. The molecule has 4 nitrogen and oxygen atoms in total. The van der Waals surface area contributed by atoms with Crippen LogP contribution >= 0.6 is 0 Å². The summed E-state index contributed by atoms with van der Waals surface area (Å²) < 4.78 is 54.4. The Balaban J connectivity index is 1.91. The van der Waals surface area contributed by atoms with E-state index >= 15 is 0 Å². The minimum Gasteiger partial charge on any atom is -0.399 e. The molecular formula is C13H16F2N2O2S. The highest BCUT2D eigenvalue weighted by molar-refractivity contribution is 7.89. The van der Waals surface area contributed by atoms with Gasteiger partial charge in [0.15, 0.2) is 4.90 Å². The number of benzene rings is 1. The molecule has 0 atom stereocenters. The van der Waals surface area contributed by atoms with Crippen LogP contribution in [0.3, 0.4) is 0 Å². The summed E-state index contributed by atoms with van der Waals surface area (Å²) in [5, 5.41) is 0. The summed E-state index contributed by atoms with van der Waals surface area (Å²) in [5.74, 6) is -1.70. The Morgan fingerprint density at radius 2 is 1.55 bits per heavy atom. The first-order chi connectivity index (χ1) is 9.38. The maximum absolute atomic E-state index is 13.8. The zero-order valence-electron chi connectivity index (χ0n) is 10.8. The van der Waals surface area contributed by atoms with E-state index in [1.807, 2.05) is 0 Å². The van der Waals surface area contributed by atoms with Crippen LogP contribution in [0, 0.1) is 23.5 Å². The molecular weight excluding hydrogens is 286 g/mol. The van der Waals surface area contributed by atoms with Crippen LogP contribution in [0.2, 0.25) is 0 Å². The van der Waals surface area contributed by atoms with Crippen molar-refractivity contribution in [3.05, 3.63) is 23.8 Å². The van der Waals surface area contributed by atoms with Crippen molar-refractivity contribution in [2.75, 3.05) is 5.73 Å². The number of hydrogen-bond acceptors (Lipinski definition) is 3. The summed E-state index contributed by atoms with van der Waals surface area (Å²) in [6.07, 6.45) is 3.87. The molecule has 0 heterocycles. The predicted octanol–water partition coefficient (Wildman–Crippen LogP) is 2.01. The van der Waals surface area contributed by atoms with E-state index in [4.69, 9.17) is 5.73 Å². The van der Waals surface area contributed by atoms with Gasteiger partial charge in [-0.05, 0) is 49.7 Å². The summed E-state index contributed by atoms with van der Waals surface area (Å²) in [5.41, 5.74) is 5.16. The first-order valence-corrected chi connectivity index (χ1v) is 8.13. The zero-order valence-corrected chi connectivity index (χ0v) is 11.6. The van der Waals surface area contributed by atoms with Gasteiger partial charge < -0.3 is 5.73 Å². The van der Waals surface area contributed by atoms with E-state index in [0.717, 1.165) is 37.8 Å². The Morgan fingerprint density at radius 1 is 1.10 bits per heavy atom. The van der Waals surface area contributed by atoms with Gasteiger partial charge in [-0.3, -0.25) is 0 Å². The lowest BCUT2D eigenvalue weighted by Gasteiger charge is -2.18. The van der Waals surface area contributed by atoms with E-state index in [-0.39, 0.29) is 11.7 Å². The second kappa shape index (κ2) is 4.66. The van der Waals surface area contributed by atoms with Crippen molar-refractivity contribution in [2.24, 2.45) is 11.8 Å². The minimum absolute atomic E-state index is 0.139. The molecule has 20 heavy (non-hydrogen) atoms. The zero-order chi connectivity index (χ0) is 14.5. The molecule has 0 aromatic heterocycles. The van der Waals surface area contributed by atoms with Gasteiger partial charge >= 0.3 is 0 Å².